The molecule has 0 radical (unpaired) electrons. The van der Waals surface area contributed by atoms with Gasteiger partial charge in [0.1, 0.15) is 6.11 Å². The van der Waals surface area contributed by atoms with E-state index in [1.807, 2.05) is 6.11 Å². The number of hydrogen-bond acceptors (Lipinski definition) is 2. The molecule has 0 fully saturated rings. The van der Waals surface area contributed by atoms with Crippen molar-refractivity contribution in [3.63, 3.8) is 0 Å². The Bertz CT molecular complexity index is 205. The first kappa shape index (κ1) is 9.03. The van der Waals surface area contributed by atoms with Crippen LogP contribution in [0.1, 0.15) is 12.8 Å². The first-order valence-electron chi connectivity index (χ1n) is 2.47. The smallest absolute Gasteiger partial charge is 0.325 e. The fraction of sp³-hybridized carbons (Fsp3) is 0.333. The van der Waals surface area contributed by atoms with E-state index in [-0.39, 0.29) is 0 Å². The third-order valence-electron chi connectivity index (χ3n) is 0.579. The van der Waals surface area contributed by atoms with Crippen molar-refractivity contribution in [3.05, 3.63) is 0 Å². The second-order valence-electron chi connectivity index (χ2n) is 1.28. The number of unbranched alkanes of at least 4 members (excludes halogenated alkanes) is 1. The van der Waals surface area contributed by atoms with Gasteiger partial charge in [0.05, 0.1) is 0 Å². The zero-order chi connectivity index (χ0) is 7.82. The number of terminal acetylenes is 1. The van der Waals surface area contributed by atoms with Crippen molar-refractivity contribution in [1.82, 2.24) is 0 Å². The van der Waals surface area contributed by atoms with E-state index in [9.17, 15) is 4.21 Å². The lowest BCUT2D eigenvalue weighted by atomic mass is 10.3. The molecule has 0 amide bonds. The average molecular weight is 158 g/mol. The van der Waals surface area contributed by atoms with Crippen LogP contribution in [0.2, 0.25) is 0 Å². The summed E-state index contributed by atoms with van der Waals surface area (Å²) in [5.41, 5.74) is 0. The minimum absolute atomic E-state index is 0.480. The van der Waals surface area contributed by atoms with Crippen LogP contribution >= 0.6 is 0 Å². The molecule has 4 heteroatoms. The largest absolute Gasteiger partial charge is 0.366 e. The van der Waals surface area contributed by atoms with E-state index in [2.05, 4.69) is 16.0 Å². The highest BCUT2D eigenvalue weighted by Gasteiger charge is 1.82. The molecule has 0 heterocycles. The summed E-state index contributed by atoms with van der Waals surface area (Å²) in [6.07, 6.45) is 7.93. The van der Waals surface area contributed by atoms with Gasteiger partial charge in [0.2, 0.25) is 0 Å². The summed E-state index contributed by atoms with van der Waals surface area (Å²) in [5, 5.41) is 0. The Balaban J connectivity index is 3.34. The summed E-state index contributed by atoms with van der Waals surface area (Å²) in [7, 11) is 0. The normalized spacial score (nSPS) is 10.4. The zero-order valence-electron chi connectivity index (χ0n) is 5.16. The summed E-state index contributed by atoms with van der Waals surface area (Å²) in [6, 6.07) is 0. The quantitative estimate of drug-likeness (QED) is 0.362. The third-order valence-corrected chi connectivity index (χ3v) is 0.805. The van der Waals surface area contributed by atoms with Crippen molar-refractivity contribution in [1.29, 1.82) is 0 Å². The van der Waals surface area contributed by atoms with Crippen LogP contribution in [0.5, 0.6) is 0 Å². The third kappa shape index (κ3) is 7.03. The Morgan fingerprint density at radius 2 is 2.30 bits per heavy atom. The Labute approximate surface area is 62.3 Å². The van der Waals surface area contributed by atoms with Gasteiger partial charge in [-0.15, -0.1) is 12.3 Å². The minimum Gasteiger partial charge on any atom is -0.325 e. The molecule has 1 atom stereocenters. The molecule has 0 bridgehead atoms. The highest BCUT2D eigenvalue weighted by molar-refractivity contribution is 7.74. The van der Waals surface area contributed by atoms with Crippen LogP contribution < -0.4 is 0 Å². The van der Waals surface area contributed by atoms with Gasteiger partial charge in [-0.2, -0.15) is 4.21 Å². The maximum Gasteiger partial charge on any atom is 0.366 e. The van der Waals surface area contributed by atoms with Crippen molar-refractivity contribution in [2.24, 2.45) is 0 Å². The molecular formula is C6H6O3S. The molecule has 0 aliphatic heterocycles. The van der Waals surface area contributed by atoms with Crippen LogP contribution in [0.25, 0.3) is 0 Å². The Hall–Kier alpha value is -0.970. The predicted molar refractivity (Wildman–Crippen MR) is 37.7 cm³/mol. The van der Waals surface area contributed by atoms with Gasteiger partial charge in [0.15, 0.2) is 0 Å². The average Bonchev–Trinajstić information content (AvgIpc) is 1.87. The molecule has 0 aromatic carbocycles. The van der Waals surface area contributed by atoms with Crippen LogP contribution in [0.4, 0.5) is 0 Å². The molecule has 1 unspecified atom stereocenters. The van der Waals surface area contributed by atoms with Gasteiger partial charge in [0, 0.05) is 12.8 Å². The lowest BCUT2D eigenvalue weighted by molar-refractivity contribution is 0.438. The minimum atomic E-state index is -2.30. The first-order valence-corrected chi connectivity index (χ1v) is 3.50. The first-order chi connectivity index (χ1) is 4.77. The summed E-state index contributed by atoms with van der Waals surface area (Å²) in [6.45, 7) is 0. The van der Waals surface area contributed by atoms with Gasteiger partial charge >= 0.3 is 11.4 Å². The molecule has 0 aliphatic carbocycles. The van der Waals surface area contributed by atoms with E-state index < -0.39 is 11.4 Å². The van der Waals surface area contributed by atoms with E-state index in [0.29, 0.717) is 12.8 Å². The van der Waals surface area contributed by atoms with E-state index in [0.717, 1.165) is 0 Å². The van der Waals surface area contributed by atoms with Gasteiger partial charge in [-0.25, -0.2) is 0 Å². The van der Waals surface area contributed by atoms with Crippen LogP contribution in [0.3, 0.4) is 0 Å². The molecule has 0 saturated heterocycles. The highest BCUT2D eigenvalue weighted by Crippen LogP contribution is 1.82. The van der Waals surface area contributed by atoms with Crippen LogP contribution in [0.15, 0.2) is 0 Å². The second-order valence-corrected chi connectivity index (χ2v) is 1.88. The fourth-order valence-corrected chi connectivity index (χ4v) is 0.381. The molecule has 54 valence electrons. The molecule has 0 spiro atoms. The van der Waals surface area contributed by atoms with Crippen molar-refractivity contribution >= 4 is 11.4 Å². The Kier molecular flexibility index (Phi) is 5.56. The number of rotatable bonds is 2. The second kappa shape index (κ2) is 6.15. The monoisotopic (exact) mass is 158 g/mol. The van der Waals surface area contributed by atoms with E-state index >= 15 is 0 Å². The Morgan fingerprint density at radius 3 is 2.80 bits per heavy atom. The SMILES string of the molecule is C#CCCC#COS(=O)O. The van der Waals surface area contributed by atoms with Gasteiger partial charge in [0.25, 0.3) is 0 Å². The molecule has 0 saturated carbocycles. The summed E-state index contributed by atoms with van der Waals surface area (Å²) in [5.74, 6) is 4.81. The van der Waals surface area contributed by atoms with E-state index in [1.165, 1.54) is 0 Å². The van der Waals surface area contributed by atoms with Gasteiger partial charge in [-0.3, -0.25) is 4.55 Å². The summed E-state index contributed by atoms with van der Waals surface area (Å²) < 4.78 is 21.8. The predicted octanol–water partition coefficient (Wildman–Crippen LogP) is 0.514. The van der Waals surface area contributed by atoms with E-state index in [4.69, 9.17) is 11.0 Å². The van der Waals surface area contributed by atoms with Crippen molar-refractivity contribution in [3.8, 4) is 24.4 Å². The molecule has 0 aromatic rings. The Morgan fingerprint density at radius 1 is 1.60 bits per heavy atom. The number of hydrogen-bond donors (Lipinski definition) is 1. The van der Waals surface area contributed by atoms with Gasteiger partial charge < -0.3 is 4.18 Å². The molecule has 3 nitrogen and oxygen atoms in total. The summed E-state index contributed by atoms with van der Waals surface area (Å²) >= 11 is -2.30. The standard InChI is InChI=1S/C6H6O3S/c1-2-3-4-5-6-9-10(7)8/h1H,3-4H2,(H,7,8). The molecule has 0 rings (SSSR count). The summed E-state index contributed by atoms with van der Waals surface area (Å²) in [4.78, 5) is 0. The van der Waals surface area contributed by atoms with Crippen molar-refractivity contribution in [2.45, 2.75) is 12.8 Å². The lowest BCUT2D eigenvalue weighted by Gasteiger charge is -1.81. The van der Waals surface area contributed by atoms with Crippen molar-refractivity contribution in [2.75, 3.05) is 0 Å². The maximum atomic E-state index is 9.78. The van der Waals surface area contributed by atoms with Crippen molar-refractivity contribution < 1.29 is 12.9 Å². The molecule has 0 aliphatic rings. The molecule has 10 heavy (non-hydrogen) atoms. The molecule has 1 N–H and O–H groups in total. The van der Waals surface area contributed by atoms with Crippen LogP contribution in [-0.4, -0.2) is 8.76 Å². The fourth-order valence-electron chi connectivity index (χ4n) is 0.251. The zero-order valence-corrected chi connectivity index (χ0v) is 5.98. The topological polar surface area (TPSA) is 46.5 Å². The maximum absolute atomic E-state index is 9.78. The highest BCUT2D eigenvalue weighted by atomic mass is 32.2. The van der Waals surface area contributed by atoms with Gasteiger partial charge in [-0.1, -0.05) is 5.92 Å². The van der Waals surface area contributed by atoms with Crippen LogP contribution in [-0.2, 0) is 15.5 Å². The molecular weight excluding hydrogens is 152 g/mol. The molecule has 0 aromatic heterocycles. The van der Waals surface area contributed by atoms with Gasteiger partial charge in [-0.05, 0) is 0 Å². The van der Waals surface area contributed by atoms with E-state index in [1.54, 1.807) is 0 Å². The van der Waals surface area contributed by atoms with Crippen LogP contribution in [0, 0.1) is 24.4 Å². The lowest BCUT2D eigenvalue weighted by Crippen LogP contribution is -1.85.